The summed E-state index contributed by atoms with van der Waals surface area (Å²) >= 11 is 0. The van der Waals surface area contributed by atoms with E-state index in [2.05, 4.69) is 30.6 Å². The van der Waals surface area contributed by atoms with E-state index in [1.165, 1.54) is 0 Å². The molecular formula is C12H20N6O2. The number of aliphatic hydroxyl groups is 1. The molecule has 0 aliphatic rings. The number of aromatic amines is 1. The molecule has 0 aromatic carbocycles. The molecule has 2 aromatic rings. The number of ether oxygens (including phenoxy) is 1. The van der Waals surface area contributed by atoms with Gasteiger partial charge in [0.2, 0.25) is 5.95 Å². The van der Waals surface area contributed by atoms with E-state index in [0.717, 1.165) is 12.1 Å². The maximum atomic E-state index is 9.61. The number of methoxy groups -OCH3 is 1. The number of aliphatic hydroxyl groups excluding tert-OH is 1. The van der Waals surface area contributed by atoms with E-state index in [0.29, 0.717) is 37.0 Å². The lowest BCUT2D eigenvalue weighted by atomic mass is 10.2. The largest absolute Gasteiger partial charge is 0.391 e. The Balaban J connectivity index is 2.05. The zero-order valence-electron chi connectivity index (χ0n) is 11.7. The maximum Gasteiger partial charge on any atom is 0.226 e. The van der Waals surface area contributed by atoms with E-state index in [9.17, 15) is 5.11 Å². The van der Waals surface area contributed by atoms with Crippen molar-refractivity contribution in [3.63, 3.8) is 0 Å². The second-order valence-corrected chi connectivity index (χ2v) is 4.35. The van der Waals surface area contributed by atoms with E-state index in [4.69, 9.17) is 4.74 Å². The summed E-state index contributed by atoms with van der Waals surface area (Å²) in [6.45, 7) is 3.63. The molecule has 0 bridgehead atoms. The Morgan fingerprint density at radius 3 is 3.00 bits per heavy atom. The van der Waals surface area contributed by atoms with Crippen LogP contribution in [-0.4, -0.2) is 58.0 Å². The number of aromatic nitrogens is 4. The third kappa shape index (κ3) is 3.55. The normalized spacial score (nSPS) is 12.6. The van der Waals surface area contributed by atoms with Crippen LogP contribution in [0.5, 0.6) is 0 Å². The molecule has 4 N–H and O–H groups in total. The molecule has 110 valence electrons. The van der Waals surface area contributed by atoms with Crippen LogP contribution < -0.4 is 10.6 Å². The van der Waals surface area contributed by atoms with E-state index in [1.807, 2.05) is 6.92 Å². The molecule has 8 heteroatoms. The minimum atomic E-state index is -0.486. The fourth-order valence-corrected chi connectivity index (χ4v) is 1.83. The summed E-state index contributed by atoms with van der Waals surface area (Å²) in [7, 11) is 1.57. The molecule has 0 radical (unpaired) electrons. The maximum absolute atomic E-state index is 9.61. The van der Waals surface area contributed by atoms with Gasteiger partial charge >= 0.3 is 0 Å². The summed E-state index contributed by atoms with van der Waals surface area (Å²) in [5.41, 5.74) is 1.36. The Bertz CT molecular complexity index is 544. The molecule has 0 amide bonds. The van der Waals surface area contributed by atoms with Gasteiger partial charge in [0.05, 0.1) is 19.0 Å². The summed E-state index contributed by atoms with van der Waals surface area (Å²) in [6.07, 6.45) is 1.67. The number of fused-ring (bicyclic) bond motifs is 1. The molecule has 2 rings (SSSR count). The summed E-state index contributed by atoms with van der Waals surface area (Å²) in [5, 5.41) is 15.9. The second-order valence-electron chi connectivity index (χ2n) is 4.35. The highest BCUT2D eigenvalue weighted by atomic mass is 16.5. The lowest BCUT2D eigenvalue weighted by molar-refractivity contribution is 0.0615. The van der Waals surface area contributed by atoms with Gasteiger partial charge < -0.3 is 25.5 Å². The van der Waals surface area contributed by atoms with Gasteiger partial charge in [-0.15, -0.1) is 0 Å². The lowest BCUT2D eigenvalue weighted by Gasteiger charge is -2.11. The zero-order valence-corrected chi connectivity index (χ0v) is 11.7. The van der Waals surface area contributed by atoms with Crippen LogP contribution in [0.1, 0.15) is 13.3 Å². The first-order valence-corrected chi connectivity index (χ1v) is 6.60. The van der Waals surface area contributed by atoms with Crippen molar-refractivity contribution in [2.75, 3.05) is 37.4 Å². The van der Waals surface area contributed by atoms with Crippen LogP contribution in [0.4, 0.5) is 11.8 Å². The number of anilines is 2. The van der Waals surface area contributed by atoms with Gasteiger partial charge in [-0.1, -0.05) is 0 Å². The Labute approximate surface area is 117 Å². The first kappa shape index (κ1) is 14.5. The summed E-state index contributed by atoms with van der Waals surface area (Å²) in [6, 6.07) is 0. The first-order valence-electron chi connectivity index (χ1n) is 6.60. The SMILES string of the molecule is CCNc1nc(NCCC(O)COC)c2[nH]cnc2n1. The minimum Gasteiger partial charge on any atom is -0.391 e. The van der Waals surface area contributed by atoms with Crippen LogP contribution in [0.2, 0.25) is 0 Å². The topological polar surface area (TPSA) is 108 Å². The molecule has 0 fully saturated rings. The second kappa shape index (κ2) is 7.01. The monoisotopic (exact) mass is 280 g/mol. The van der Waals surface area contributed by atoms with Gasteiger partial charge in [0.25, 0.3) is 0 Å². The first-order chi connectivity index (χ1) is 9.74. The quantitative estimate of drug-likeness (QED) is 0.560. The van der Waals surface area contributed by atoms with Gasteiger partial charge in [0.1, 0.15) is 5.52 Å². The molecule has 0 aliphatic heterocycles. The highest BCUT2D eigenvalue weighted by Gasteiger charge is 2.10. The van der Waals surface area contributed by atoms with Crippen LogP contribution in [0.15, 0.2) is 6.33 Å². The van der Waals surface area contributed by atoms with Crippen LogP contribution in [-0.2, 0) is 4.74 Å². The third-order valence-corrected chi connectivity index (χ3v) is 2.75. The molecular weight excluding hydrogens is 260 g/mol. The predicted octanol–water partition coefficient (Wildman–Crippen LogP) is 0.594. The number of hydrogen-bond donors (Lipinski definition) is 4. The Morgan fingerprint density at radius 1 is 1.40 bits per heavy atom. The molecule has 2 aromatic heterocycles. The van der Waals surface area contributed by atoms with Gasteiger partial charge in [-0.2, -0.15) is 9.97 Å². The summed E-state index contributed by atoms with van der Waals surface area (Å²) < 4.78 is 4.89. The molecule has 1 atom stereocenters. The Kier molecular flexibility index (Phi) is 5.08. The minimum absolute atomic E-state index is 0.327. The average Bonchev–Trinajstić information content (AvgIpc) is 2.88. The van der Waals surface area contributed by atoms with Crippen LogP contribution >= 0.6 is 0 Å². The smallest absolute Gasteiger partial charge is 0.226 e. The number of hydrogen-bond acceptors (Lipinski definition) is 7. The van der Waals surface area contributed by atoms with Crippen molar-refractivity contribution in [1.82, 2.24) is 19.9 Å². The van der Waals surface area contributed by atoms with Crippen molar-refractivity contribution in [1.29, 1.82) is 0 Å². The van der Waals surface area contributed by atoms with E-state index < -0.39 is 6.10 Å². The molecule has 0 saturated carbocycles. The number of nitrogens with one attached hydrogen (secondary N) is 3. The van der Waals surface area contributed by atoms with Crippen LogP contribution in [0.25, 0.3) is 11.2 Å². The van der Waals surface area contributed by atoms with Crippen molar-refractivity contribution in [2.24, 2.45) is 0 Å². The van der Waals surface area contributed by atoms with E-state index in [-0.39, 0.29) is 0 Å². The predicted molar refractivity (Wildman–Crippen MR) is 76.8 cm³/mol. The lowest BCUT2D eigenvalue weighted by Crippen LogP contribution is -2.19. The molecule has 20 heavy (non-hydrogen) atoms. The number of nitrogens with zero attached hydrogens (tertiary/aromatic N) is 3. The Morgan fingerprint density at radius 2 is 2.25 bits per heavy atom. The van der Waals surface area contributed by atoms with Crippen molar-refractivity contribution in [3.8, 4) is 0 Å². The summed E-state index contributed by atoms with van der Waals surface area (Å²) in [5.74, 6) is 1.21. The van der Waals surface area contributed by atoms with Crippen molar-refractivity contribution in [3.05, 3.63) is 6.33 Å². The summed E-state index contributed by atoms with van der Waals surface area (Å²) in [4.78, 5) is 15.8. The fourth-order valence-electron chi connectivity index (χ4n) is 1.83. The van der Waals surface area contributed by atoms with Crippen LogP contribution in [0.3, 0.4) is 0 Å². The van der Waals surface area contributed by atoms with Crippen molar-refractivity contribution < 1.29 is 9.84 Å². The number of H-pyrrole nitrogens is 1. The molecule has 8 nitrogen and oxygen atoms in total. The van der Waals surface area contributed by atoms with E-state index in [1.54, 1.807) is 13.4 Å². The molecule has 0 aliphatic carbocycles. The van der Waals surface area contributed by atoms with Crippen molar-refractivity contribution >= 4 is 22.9 Å². The van der Waals surface area contributed by atoms with Crippen molar-refractivity contribution in [2.45, 2.75) is 19.4 Å². The molecule has 1 unspecified atom stereocenters. The number of rotatable bonds is 8. The van der Waals surface area contributed by atoms with Gasteiger partial charge in [-0.3, -0.25) is 0 Å². The average molecular weight is 280 g/mol. The van der Waals surface area contributed by atoms with Gasteiger partial charge in [0.15, 0.2) is 11.5 Å². The zero-order chi connectivity index (χ0) is 14.4. The molecule has 0 spiro atoms. The van der Waals surface area contributed by atoms with E-state index >= 15 is 0 Å². The van der Waals surface area contributed by atoms with Crippen LogP contribution in [0, 0.1) is 0 Å². The highest BCUT2D eigenvalue weighted by molar-refractivity contribution is 5.83. The highest BCUT2D eigenvalue weighted by Crippen LogP contribution is 2.18. The van der Waals surface area contributed by atoms with Gasteiger partial charge in [-0.05, 0) is 13.3 Å². The van der Waals surface area contributed by atoms with Gasteiger partial charge in [0, 0.05) is 20.2 Å². The molecule has 0 saturated heterocycles. The Hall–Kier alpha value is -1.93. The third-order valence-electron chi connectivity index (χ3n) is 2.75. The standard InChI is InChI=1S/C12H20N6O2/c1-3-13-12-17-10(9-11(18-12)16-7-15-9)14-5-4-8(19)6-20-2/h7-8,19H,3-6H2,1-2H3,(H3,13,14,15,16,17,18). The fraction of sp³-hybridized carbons (Fsp3) is 0.583. The van der Waals surface area contributed by atoms with Gasteiger partial charge in [-0.25, -0.2) is 4.98 Å². The number of imidazole rings is 1. The molecule has 2 heterocycles.